The molecule has 3 heterocycles. The van der Waals surface area contributed by atoms with Gasteiger partial charge in [-0.15, -0.1) is 11.3 Å². The number of methoxy groups -OCH3 is 1. The maximum Gasteiger partial charge on any atom is 0.303 e. The first kappa shape index (κ1) is 32.7. The molecule has 5 unspecified atom stereocenters. The van der Waals surface area contributed by atoms with Crippen LogP contribution in [-0.4, -0.2) is 78.5 Å². The molecule has 2 aromatic rings. The summed E-state index contributed by atoms with van der Waals surface area (Å²) < 4.78 is 33.2. The van der Waals surface area contributed by atoms with Gasteiger partial charge in [-0.25, -0.2) is 4.99 Å². The zero-order valence-corrected chi connectivity index (χ0v) is 26.0. The summed E-state index contributed by atoms with van der Waals surface area (Å²) in [5.74, 6) is -2.73. The van der Waals surface area contributed by atoms with E-state index in [1.807, 2.05) is 17.5 Å². The molecule has 13 nitrogen and oxygen atoms in total. The molecule has 0 N–H and O–H groups in total. The van der Waals surface area contributed by atoms with Gasteiger partial charge in [0.15, 0.2) is 28.9 Å². The lowest BCUT2D eigenvalue weighted by Gasteiger charge is -2.44. The topological polar surface area (TPSA) is 156 Å². The van der Waals surface area contributed by atoms with E-state index in [0.717, 1.165) is 37.4 Å². The van der Waals surface area contributed by atoms with Crippen LogP contribution in [0.15, 0.2) is 52.5 Å². The third-order valence-electron chi connectivity index (χ3n) is 6.15. The number of anilines is 1. The monoisotopic (exact) mass is 646 g/mol. The number of amidine groups is 1. The second-order valence-electron chi connectivity index (χ2n) is 9.46. The van der Waals surface area contributed by atoms with Crippen molar-refractivity contribution in [2.45, 2.75) is 57.5 Å². The highest BCUT2D eigenvalue weighted by atomic mass is 32.2. The number of hydrogen-bond donors (Lipinski definition) is 0. The Kier molecular flexibility index (Phi) is 10.8. The molecule has 0 aliphatic carbocycles. The van der Waals surface area contributed by atoms with Gasteiger partial charge in [0.05, 0.1) is 12.8 Å². The van der Waals surface area contributed by atoms with Gasteiger partial charge in [-0.1, -0.05) is 17.8 Å². The quantitative estimate of drug-likeness (QED) is 0.223. The average Bonchev–Trinajstić information content (AvgIpc) is 3.58. The molecule has 1 fully saturated rings. The minimum atomic E-state index is -1.36. The molecule has 15 heteroatoms. The van der Waals surface area contributed by atoms with Crippen molar-refractivity contribution in [1.29, 1.82) is 0 Å². The summed E-state index contributed by atoms with van der Waals surface area (Å²) in [5, 5.41) is 2.02. The van der Waals surface area contributed by atoms with E-state index < -0.39 is 59.6 Å². The van der Waals surface area contributed by atoms with Gasteiger partial charge < -0.3 is 28.4 Å². The Morgan fingerprint density at radius 3 is 2.14 bits per heavy atom. The zero-order valence-electron chi connectivity index (χ0n) is 24.4. The van der Waals surface area contributed by atoms with E-state index in [9.17, 15) is 24.0 Å². The molecule has 2 aliphatic rings. The molecule has 0 saturated carbocycles. The molecule has 4 rings (SSSR count). The largest absolute Gasteiger partial charge is 0.497 e. The van der Waals surface area contributed by atoms with Gasteiger partial charge in [0.1, 0.15) is 24.2 Å². The number of rotatable bonds is 9. The number of nitrogens with zero attached hydrogens (tertiary/aromatic N) is 2. The van der Waals surface area contributed by atoms with Crippen LogP contribution < -0.4 is 9.64 Å². The van der Waals surface area contributed by atoms with Crippen molar-refractivity contribution in [2.75, 3.05) is 18.6 Å². The van der Waals surface area contributed by atoms with Crippen molar-refractivity contribution in [3.8, 4) is 5.75 Å². The Morgan fingerprint density at radius 2 is 1.57 bits per heavy atom. The molecule has 1 saturated heterocycles. The van der Waals surface area contributed by atoms with E-state index in [1.54, 1.807) is 30.3 Å². The molecule has 0 radical (unpaired) electrons. The summed E-state index contributed by atoms with van der Waals surface area (Å²) in [6.45, 7) is 4.24. The van der Waals surface area contributed by atoms with Crippen molar-refractivity contribution < 1.29 is 52.4 Å². The van der Waals surface area contributed by atoms with Crippen LogP contribution in [0.3, 0.4) is 0 Å². The van der Waals surface area contributed by atoms with Crippen molar-refractivity contribution in [1.82, 2.24) is 0 Å². The Balaban J connectivity index is 1.78. The lowest BCUT2D eigenvalue weighted by atomic mass is 9.99. The third-order valence-corrected chi connectivity index (χ3v) is 8.07. The van der Waals surface area contributed by atoms with Gasteiger partial charge in [-0.2, -0.15) is 0 Å². The minimum absolute atomic E-state index is 0.136. The fraction of sp³-hybridized carbons (Fsp3) is 0.379. The summed E-state index contributed by atoms with van der Waals surface area (Å²) in [4.78, 5) is 68.6. The maximum absolute atomic E-state index is 13.7. The molecule has 0 bridgehead atoms. The highest BCUT2D eigenvalue weighted by Crippen LogP contribution is 2.39. The Hall–Kier alpha value is -4.21. The second-order valence-corrected chi connectivity index (χ2v) is 11.5. The fourth-order valence-corrected chi connectivity index (χ4v) is 6.28. The number of benzene rings is 1. The van der Waals surface area contributed by atoms with Gasteiger partial charge in [0.25, 0.3) is 5.91 Å². The molecule has 5 atom stereocenters. The summed E-state index contributed by atoms with van der Waals surface area (Å²) in [7, 11) is 1.52. The van der Waals surface area contributed by atoms with E-state index >= 15 is 0 Å². The Labute approximate surface area is 261 Å². The molecule has 1 aromatic heterocycles. The number of esters is 4. The van der Waals surface area contributed by atoms with Crippen LogP contribution in [0.4, 0.5) is 5.69 Å². The van der Waals surface area contributed by atoms with Gasteiger partial charge in [-0.05, 0) is 41.8 Å². The van der Waals surface area contributed by atoms with Crippen LogP contribution in [0.1, 0.15) is 32.6 Å². The van der Waals surface area contributed by atoms with Crippen molar-refractivity contribution in [3.05, 3.63) is 52.4 Å². The Morgan fingerprint density at radius 1 is 0.932 bits per heavy atom. The number of carbonyl (C=O) groups is 5. The molecule has 1 amide bonds. The fourth-order valence-electron chi connectivity index (χ4n) is 4.43. The number of ether oxygens (including phenoxy) is 6. The molecule has 1 aromatic carbocycles. The molecular weight excluding hydrogens is 616 g/mol. The number of thioether (sulfide) groups is 1. The van der Waals surface area contributed by atoms with Crippen LogP contribution in [0.5, 0.6) is 5.75 Å². The van der Waals surface area contributed by atoms with Crippen molar-refractivity contribution >= 4 is 69.8 Å². The van der Waals surface area contributed by atoms with Gasteiger partial charge in [0, 0.05) is 32.6 Å². The van der Waals surface area contributed by atoms with Gasteiger partial charge in [-0.3, -0.25) is 28.9 Å². The highest BCUT2D eigenvalue weighted by Gasteiger charge is 2.53. The Bertz CT molecular complexity index is 1460. The molecule has 234 valence electrons. The highest BCUT2D eigenvalue weighted by molar-refractivity contribution is 8.14. The lowest BCUT2D eigenvalue weighted by molar-refractivity contribution is -0.237. The summed E-state index contributed by atoms with van der Waals surface area (Å²) in [6.07, 6.45) is -3.51. The van der Waals surface area contributed by atoms with E-state index in [2.05, 4.69) is 4.99 Å². The maximum atomic E-state index is 13.7. The number of carbonyl (C=O) groups excluding carboxylic acids is 5. The zero-order chi connectivity index (χ0) is 32.0. The number of hydrogen-bond acceptors (Lipinski definition) is 14. The minimum Gasteiger partial charge on any atom is -0.497 e. The van der Waals surface area contributed by atoms with Crippen LogP contribution in [0.2, 0.25) is 0 Å². The van der Waals surface area contributed by atoms with Gasteiger partial charge >= 0.3 is 23.9 Å². The normalized spacial score (nSPS) is 24.0. The predicted molar refractivity (Wildman–Crippen MR) is 160 cm³/mol. The first-order chi connectivity index (χ1) is 21.0. The number of thiophene rings is 1. The molecule has 2 aliphatic heterocycles. The summed E-state index contributed by atoms with van der Waals surface area (Å²) >= 11 is 2.34. The average molecular weight is 647 g/mol. The van der Waals surface area contributed by atoms with E-state index in [4.69, 9.17) is 28.4 Å². The van der Waals surface area contributed by atoms with Crippen LogP contribution in [-0.2, 0) is 47.7 Å². The van der Waals surface area contributed by atoms with Crippen LogP contribution >= 0.6 is 23.1 Å². The summed E-state index contributed by atoms with van der Waals surface area (Å²) in [5.41, 5.74) is -0.581. The van der Waals surface area contributed by atoms with Crippen molar-refractivity contribution in [2.24, 2.45) is 4.99 Å². The van der Waals surface area contributed by atoms with E-state index in [-0.39, 0.29) is 17.5 Å². The predicted octanol–water partition coefficient (Wildman–Crippen LogP) is 3.32. The lowest BCUT2D eigenvalue weighted by Crippen LogP contribution is -2.61. The SMILES string of the molecule is COc1ccc(N2C(=O)/C(=C/c3cccs3)N=C2SC2OC(COC(C)=O)C(OC(C)=O)C(OC(C)=O)C2OC(C)=O)cc1. The standard InChI is InChI=1S/C29H30N2O11S2/c1-15(32)38-14-23-24(39-16(2)33)25(40-17(3)34)26(41-18(4)35)28(42-23)44-29-30-22(13-21-7-6-12-43-21)27(36)31(29)19-8-10-20(37-5)11-9-19/h6-13,23-26,28H,14H2,1-5H3/b22-13-. The van der Waals surface area contributed by atoms with Crippen LogP contribution in [0.25, 0.3) is 6.08 Å². The molecular formula is C29H30N2O11S2. The smallest absolute Gasteiger partial charge is 0.303 e. The molecule has 44 heavy (non-hydrogen) atoms. The number of aliphatic imine (C=N–C) groups is 1. The summed E-state index contributed by atoms with van der Waals surface area (Å²) in [6, 6.07) is 10.4. The van der Waals surface area contributed by atoms with Crippen molar-refractivity contribution in [3.63, 3.8) is 0 Å². The number of amides is 1. The second kappa shape index (κ2) is 14.5. The van der Waals surface area contributed by atoms with Crippen LogP contribution in [0, 0.1) is 0 Å². The molecule has 0 spiro atoms. The first-order valence-corrected chi connectivity index (χ1v) is 15.0. The van der Waals surface area contributed by atoms with E-state index in [1.165, 1.54) is 30.3 Å². The first-order valence-electron chi connectivity index (χ1n) is 13.3. The van der Waals surface area contributed by atoms with E-state index in [0.29, 0.717) is 11.4 Å². The van der Waals surface area contributed by atoms with Gasteiger partial charge in [0.2, 0.25) is 0 Å². The third kappa shape index (κ3) is 8.03.